The van der Waals surface area contributed by atoms with E-state index >= 15 is 0 Å². The van der Waals surface area contributed by atoms with Gasteiger partial charge in [0.1, 0.15) is 0 Å². The first-order chi connectivity index (χ1) is 6.35. The van der Waals surface area contributed by atoms with Crippen LogP contribution in [0.1, 0.15) is 65.2 Å². The second kappa shape index (κ2) is 9.83. The summed E-state index contributed by atoms with van der Waals surface area (Å²) in [5.74, 6) is 0.784. The highest BCUT2D eigenvalue weighted by atomic mass is 14.1. The Labute approximate surface area is 84.4 Å². The van der Waals surface area contributed by atoms with E-state index in [1.165, 1.54) is 51.4 Å². The molecule has 0 saturated heterocycles. The lowest BCUT2D eigenvalue weighted by molar-refractivity contribution is 0.493. The summed E-state index contributed by atoms with van der Waals surface area (Å²) < 4.78 is 0. The lowest BCUT2D eigenvalue weighted by Crippen LogP contribution is -1.95. The summed E-state index contributed by atoms with van der Waals surface area (Å²) in [6.07, 6.45) is 13.1. The number of rotatable bonds is 9. The predicted molar refractivity (Wildman–Crippen MR) is 62.0 cm³/mol. The highest BCUT2D eigenvalue weighted by Crippen LogP contribution is 2.16. The minimum atomic E-state index is 0.784. The molecule has 0 N–H and O–H groups in total. The summed E-state index contributed by atoms with van der Waals surface area (Å²) in [5.41, 5.74) is 0. The van der Waals surface area contributed by atoms with Crippen LogP contribution in [0.4, 0.5) is 0 Å². The van der Waals surface area contributed by atoms with Gasteiger partial charge in [0.15, 0.2) is 0 Å². The van der Waals surface area contributed by atoms with Crippen molar-refractivity contribution in [1.82, 2.24) is 0 Å². The van der Waals surface area contributed by atoms with Gasteiger partial charge in [-0.15, -0.1) is 6.58 Å². The van der Waals surface area contributed by atoms with E-state index in [0.717, 1.165) is 5.92 Å². The average molecular weight is 182 g/mol. The number of allylic oxidation sites excluding steroid dienone is 1. The van der Waals surface area contributed by atoms with Crippen LogP contribution in [0.15, 0.2) is 12.7 Å². The van der Waals surface area contributed by atoms with Crippen molar-refractivity contribution in [1.29, 1.82) is 0 Å². The van der Waals surface area contributed by atoms with Crippen LogP contribution in [0.25, 0.3) is 0 Å². The van der Waals surface area contributed by atoms with E-state index in [1.54, 1.807) is 0 Å². The lowest BCUT2D eigenvalue weighted by Gasteiger charge is -2.10. The zero-order valence-corrected chi connectivity index (χ0v) is 9.52. The summed E-state index contributed by atoms with van der Waals surface area (Å²) in [6.45, 7) is 8.42. The number of unbranched alkanes of at least 4 members (excludes halogenated alkanes) is 4. The molecule has 0 aromatic heterocycles. The number of hydrogen-bond donors (Lipinski definition) is 0. The first-order valence-corrected chi connectivity index (χ1v) is 5.97. The van der Waals surface area contributed by atoms with Gasteiger partial charge in [0.25, 0.3) is 0 Å². The van der Waals surface area contributed by atoms with Crippen LogP contribution in [0.3, 0.4) is 0 Å². The second-order valence-corrected chi connectivity index (χ2v) is 3.99. The van der Waals surface area contributed by atoms with Gasteiger partial charge in [-0.25, -0.2) is 0 Å². The second-order valence-electron chi connectivity index (χ2n) is 3.99. The predicted octanol–water partition coefficient (Wildman–Crippen LogP) is 4.95. The molecule has 0 aliphatic heterocycles. The molecule has 0 spiro atoms. The SMILES string of the molecule is C=CC(CCC)CCCCCCC. The highest BCUT2D eigenvalue weighted by Gasteiger charge is 2.01. The van der Waals surface area contributed by atoms with Crippen molar-refractivity contribution in [3.05, 3.63) is 12.7 Å². The molecule has 0 heteroatoms. The van der Waals surface area contributed by atoms with Crippen LogP contribution in [0.2, 0.25) is 0 Å². The van der Waals surface area contributed by atoms with Crippen molar-refractivity contribution in [3.63, 3.8) is 0 Å². The van der Waals surface area contributed by atoms with Gasteiger partial charge in [0, 0.05) is 0 Å². The first kappa shape index (κ1) is 12.7. The van der Waals surface area contributed by atoms with E-state index in [2.05, 4.69) is 26.5 Å². The molecular weight excluding hydrogens is 156 g/mol. The highest BCUT2D eigenvalue weighted by molar-refractivity contribution is 4.78. The maximum atomic E-state index is 3.89. The van der Waals surface area contributed by atoms with E-state index in [1.807, 2.05) is 0 Å². The standard InChI is InChI=1S/C13H26/c1-4-7-8-9-10-12-13(6-3)11-5-2/h6,13H,3-5,7-12H2,1-2H3. The molecular formula is C13H26. The Balaban J connectivity index is 3.22. The van der Waals surface area contributed by atoms with Crippen LogP contribution < -0.4 is 0 Å². The Morgan fingerprint density at radius 3 is 2.15 bits per heavy atom. The maximum Gasteiger partial charge on any atom is -0.0236 e. The van der Waals surface area contributed by atoms with E-state index in [-0.39, 0.29) is 0 Å². The van der Waals surface area contributed by atoms with Crippen LogP contribution >= 0.6 is 0 Å². The maximum absolute atomic E-state index is 3.89. The number of hydrogen-bond acceptors (Lipinski definition) is 0. The topological polar surface area (TPSA) is 0 Å². The fourth-order valence-corrected chi connectivity index (χ4v) is 1.76. The molecule has 0 saturated carbocycles. The third kappa shape index (κ3) is 8.08. The molecule has 0 aromatic carbocycles. The van der Waals surface area contributed by atoms with Gasteiger partial charge in [-0.05, 0) is 18.8 Å². The van der Waals surface area contributed by atoms with Crippen molar-refractivity contribution in [3.8, 4) is 0 Å². The minimum absolute atomic E-state index is 0.784. The molecule has 0 aliphatic carbocycles. The molecule has 0 amide bonds. The smallest absolute Gasteiger partial charge is 0.0236 e. The van der Waals surface area contributed by atoms with Crippen molar-refractivity contribution in [2.45, 2.75) is 65.2 Å². The molecule has 0 rings (SSSR count). The van der Waals surface area contributed by atoms with Crippen molar-refractivity contribution in [2.24, 2.45) is 5.92 Å². The summed E-state index contributed by atoms with van der Waals surface area (Å²) in [4.78, 5) is 0. The van der Waals surface area contributed by atoms with Crippen molar-refractivity contribution < 1.29 is 0 Å². The molecule has 0 nitrogen and oxygen atoms in total. The largest absolute Gasteiger partial charge is 0.103 e. The molecule has 0 bridgehead atoms. The zero-order chi connectivity index (χ0) is 9.94. The monoisotopic (exact) mass is 182 g/mol. The molecule has 0 fully saturated rings. The van der Waals surface area contributed by atoms with Gasteiger partial charge < -0.3 is 0 Å². The Morgan fingerprint density at radius 1 is 0.923 bits per heavy atom. The Kier molecular flexibility index (Phi) is 9.63. The van der Waals surface area contributed by atoms with Crippen molar-refractivity contribution >= 4 is 0 Å². The quantitative estimate of drug-likeness (QED) is 0.349. The minimum Gasteiger partial charge on any atom is -0.103 e. The summed E-state index contributed by atoms with van der Waals surface area (Å²) in [7, 11) is 0. The Morgan fingerprint density at radius 2 is 1.62 bits per heavy atom. The third-order valence-corrected chi connectivity index (χ3v) is 2.67. The molecule has 13 heavy (non-hydrogen) atoms. The lowest BCUT2D eigenvalue weighted by atomic mass is 9.96. The Bertz CT molecular complexity index is 105. The fourth-order valence-electron chi connectivity index (χ4n) is 1.76. The van der Waals surface area contributed by atoms with E-state index in [0.29, 0.717) is 0 Å². The van der Waals surface area contributed by atoms with E-state index in [9.17, 15) is 0 Å². The first-order valence-electron chi connectivity index (χ1n) is 5.97. The van der Waals surface area contributed by atoms with Gasteiger partial charge in [-0.2, -0.15) is 0 Å². The molecule has 0 aromatic rings. The van der Waals surface area contributed by atoms with Gasteiger partial charge in [0.2, 0.25) is 0 Å². The summed E-state index contributed by atoms with van der Waals surface area (Å²) in [6, 6.07) is 0. The third-order valence-electron chi connectivity index (χ3n) is 2.67. The molecule has 0 heterocycles. The van der Waals surface area contributed by atoms with Crippen LogP contribution in [0, 0.1) is 5.92 Å². The Hall–Kier alpha value is -0.260. The molecule has 1 atom stereocenters. The summed E-state index contributed by atoms with van der Waals surface area (Å²) in [5, 5.41) is 0. The molecule has 1 unspecified atom stereocenters. The van der Waals surface area contributed by atoms with Crippen LogP contribution in [-0.2, 0) is 0 Å². The molecule has 0 radical (unpaired) electrons. The van der Waals surface area contributed by atoms with E-state index < -0.39 is 0 Å². The van der Waals surface area contributed by atoms with Crippen LogP contribution in [0.5, 0.6) is 0 Å². The fraction of sp³-hybridized carbons (Fsp3) is 0.846. The normalized spacial score (nSPS) is 12.8. The zero-order valence-electron chi connectivity index (χ0n) is 9.52. The van der Waals surface area contributed by atoms with Gasteiger partial charge in [0.05, 0.1) is 0 Å². The average Bonchev–Trinajstić information content (AvgIpc) is 2.16. The summed E-state index contributed by atoms with van der Waals surface area (Å²) >= 11 is 0. The van der Waals surface area contributed by atoms with Gasteiger partial charge in [-0.1, -0.05) is 58.4 Å². The van der Waals surface area contributed by atoms with Crippen LogP contribution in [-0.4, -0.2) is 0 Å². The van der Waals surface area contributed by atoms with Crippen molar-refractivity contribution in [2.75, 3.05) is 0 Å². The van der Waals surface area contributed by atoms with E-state index in [4.69, 9.17) is 0 Å². The molecule has 78 valence electrons. The molecule has 0 aliphatic rings. The van der Waals surface area contributed by atoms with Gasteiger partial charge in [-0.3, -0.25) is 0 Å². The van der Waals surface area contributed by atoms with Gasteiger partial charge >= 0.3 is 0 Å².